The first-order valence-corrected chi connectivity index (χ1v) is 7.18. The van der Waals surface area contributed by atoms with E-state index in [1.54, 1.807) is 12.3 Å². The van der Waals surface area contributed by atoms with E-state index in [-0.39, 0.29) is 0 Å². The van der Waals surface area contributed by atoms with Gasteiger partial charge in [-0.05, 0) is 30.3 Å². The minimum atomic E-state index is 0.484. The molecule has 2 aromatic heterocycles. The Morgan fingerprint density at radius 2 is 2.09 bits per heavy atom. The van der Waals surface area contributed by atoms with Gasteiger partial charge >= 0.3 is 0 Å². The maximum absolute atomic E-state index is 9.40. The van der Waals surface area contributed by atoms with Gasteiger partial charge in [-0.3, -0.25) is 4.98 Å². The zero-order valence-electron chi connectivity index (χ0n) is 12.2. The maximum Gasteiger partial charge on any atom is 0.103 e. The molecule has 0 saturated heterocycles. The van der Waals surface area contributed by atoms with Crippen molar-refractivity contribution in [2.24, 2.45) is 0 Å². The highest BCUT2D eigenvalue weighted by Crippen LogP contribution is 2.31. The third kappa shape index (κ3) is 2.14. The number of hydrogen-bond acceptors (Lipinski definition) is 4. The van der Waals surface area contributed by atoms with Crippen molar-refractivity contribution in [3.8, 4) is 6.07 Å². The predicted octanol–water partition coefficient (Wildman–Crippen LogP) is 3.91. The van der Waals surface area contributed by atoms with Gasteiger partial charge in [0.1, 0.15) is 6.07 Å². The van der Waals surface area contributed by atoms with Crippen LogP contribution in [-0.2, 0) is 0 Å². The van der Waals surface area contributed by atoms with Crippen LogP contribution in [0.15, 0.2) is 54.9 Å². The van der Waals surface area contributed by atoms with Gasteiger partial charge in [0.2, 0.25) is 0 Å². The number of aromatic amines is 1. The van der Waals surface area contributed by atoms with E-state index in [0.29, 0.717) is 16.8 Å². The van der Waals surface area contributed by atoms with Crippen molar-refractivity contribution in [1.29, 1.82) is 5.26 Å². The summed E-state index contributed by atoms with van der Waals surface area (Å²) in [6, 6.07) is 15.8. The summed E-state index contributed by atoms with van der Waals surface area (Å²) in [6.45, 7) is 0. The van der Waals surface area contributed by atoms with Crippen molar-refractivity contribution in [3.63, 3.8) is 0 Å². The second kappa shape index (κ2) is 5.04. The predicted molar refractivity (Wildman–Crippen MR) is 92.5 cm³/mol. The first kappa shape index (κ1) is 13.2. The molecule has 2 heterocycles. The second-order valence-corrected chi connectivity index (χ2v) is 5.31. The molecule has 0 bridgehead atoms. The molecule has 0 atom stereocenters. The Bertz CT molecular complexity index is 1070. The highest BCUT2D eigenvalue weighted by atomic mass is 14.9. The molecule has 110 valence electrons. The van der Waals surface area contributed by atoms with Crippen molar-refractivity contribution in [3.05, 3.63) is 60.4 Å². The van der Waals surface area contributed by atoms with Gasteiger partial charge in [0.25, 0.3) is 0 Å². The summed E-state index contributed by atoms with van der Waals surface area (Å²) >= 11 is 0. The summed E-state index contributed by atoms with van der Waals surface area (Å²) in [4.78, 5) is 7.47. The Hall–Kier alpha value is -3.52. The summed E-state index contributed by atoms with van der Waals surface area (Å²) in [5.41, 5.74) is 10.5. The lowest BCUT2D eigenvalue weighted by Gasteiger charge is -2.12. The zero-order chi connectivity index (χ0) is 15.8. The van der Waals surface area contributed by atoms with Crippen LogP contribution < -0.4 is 11.1 Å². The quantitative estimate of drug-likeness (QED) is 0.489. The molecule has 0 amide bonds. The van der Waals surface area contributed by atoms with E-state index in [4.69, 9.17) is 5.73 Å². The van der Waals surface area contributed by atoms with Gasteiger partial charge < -0.3 is 16.0 Å². The SMILES string of the molecule is N#Cc1cnc2c(N)cccc2c1Nc1ccc2[nH]ccc2c1. The molecule has 5 nitrogen and oxygen atoms in total. The normalized spacial score (nSPS) is 10.7. The van der Waals surface area contributed by atoms with Crippen molar-refractivity contribution in [2.45, 2.75) is 0 Å². The number of nitrogen functional groups attached to an aromatic ring is 1. The van der Waals surface area contributed by atoms with Crippen molar-refractivity contribution >= 4 is 38.9 Å². The highest BCUT2D eigenvalue weighted by molar-refractivity contribution is 6.01. The standard InChI is InChI=1S/C18H13N5/c19-9-12-10-22-18-14(2-1-3-15(18)20)17(12)23-13-4-5-16-11(8-13)6-7-21-16/h1-8,10,21H,20H2,(H,22,23). The summed E-state index contributed by atoms with van der Waals surface area (Å²) < 4.78 is 0. The fourth-order valence-corrected chi connectivity index (χ4v) is 2.74. The summed E-state index contributed by atoms with van der Waals surface area (Å²) in [5, 5.41) is 14.7. The lowest BCUT2D eigenvalue weighted by molar-refractivity contribution is 1.36. The number of benzene rings is 2. The molecule has 4 rings (SSSR count). The Morgan fingerprint density at radius 3 is 2.96 bits per heavy atom. The Morgan fingerprint density at radius 1 is 1.17 bits per heavy atom. The van der Waals surface area contributed by atoms with E-state index in [1.807, 2.05) is 42.6 Å². The molecule has 0 saturated carbocycles. The van der Waals surface area contributed by atoms with Crippen LogP contribution in [0.25, 0.3) is 21.8 Å². The van der Waals surface area contributed by atoms with Crippen LogP contribution in [0.3, 0.4) is 0 Å². The molecule has 4 N–H and O–H groups in total. The molecule has 23 heavy (non-hydrogen) atoms. The van der Waals surface area contributed by atoms with Crippen LogP contribution in [0.2, 0.25) is 0 Å². The Balaban J connectivity index is 1.90. The van der Waals surface area contributed by atoms with Crippen LogP contribution in [0.1, 0.15) is 5.56 Å². The molecular formula is C18H13N5. The summed E-state index contributed by atoms with van der Waals surface area (Å²) in [7, 11) is 0. The number of nitrogens with one attached hydrogen (secondary N) is 2. The maximum atomic E-state index is 9.40. The number of nitriles is 1. The minimum absolute atomic E-state index is 0.484. The van der Waals surface area contributed by atoms with Crippen LogP contribution in [0.4, 0.5) is 17.1 Å². The lowest BCUT2D eigenvalue weighted by Crippen LogP contribution is -1.98. The van der Waals surface area contributed by atoms with E-state index in [2.05, 4.69) is 21.4 Å². The van der Waals surface area contributed by atoms with Crippen LogP contribution in [0, 0.1) is 11.3 Å². The van der Waals surface area contributed by atoms with E-state index < -0.39 is 0 Å². The Labute approximate surface area is 132 Å². The molecule has 0 aliphatic carbocycles. The molecule has 4 aromatic rings. The van der Waals surface area contributed by atoms with E-state index in [9.17, 15) is 5.26 Å². The number of fused-ring (bicyclic) bond motifs is 2. The first-order valence-electron chi connectivity index (χ1n) is 7.18. The van der Waals surface area contributed by atoms with Gasteiger partial charge in [-0.1, -0.05) is 12.1 Å². The molecule has 0 aliphatic rings. The van der Waals surface area contributed by atoms with E-state index >= 15 is 0 Å². The number of nitrogens with zero attached hydrogens (tertiary/aromatic N) is 2. The van der Waals surface area contributed by atoms with Gasteiger partial charge in [-0.15, -0.1) is 0 Å². The topological polar surface area (TPSA) is 90.5 Å². The van der Waals surface area contributed by atoms with Gasteiger partial charge in [-0.2, -0.15) is 5.26 Å². The highest BCUT2D eigenvalue weighted by Gasteiger charge is 2.11. The molecule has 5 heteroatoms. The molecule has 0 fully saturated rings. The number of nitrogens with two attached hydrogens (primary N) is 1. The largest absolute Gasteiger partial charge is 0.397 e. The molecule has 2 aromatic carbocycles. The second-order valence-electron chi connectivity index (χ2n) is 5.31. The van der Waals surface area contributed by atoms with Crippen molar-refractivity contribution < 1.29 is 0 Å². The fourth-order valence-electron chi connectivity index (χ4n) is 2.74. The lowest BCUT2D eigenvalue weighted by atomic mass is 10.1. The van der Waals surface area contributed by atoms with Gasteiger partial charge in [0.15, 0.2) is 0 Å². The average Bonchev–Trinajstić information content (AvgIpc) is 3.03. The number of H-pyrrole nitrogens is 1. The van der Waals surface area contributed by atoms with E-state index in [1.165, 1.54) is 0 Å². The van der Waals surface area contributed by atoms with Crippen molar-refractivity contribution in [2.75, 3.05) is 11.1 Å². The first-order chi connectivity index (χ1) is 11.3. The van der Waals surface area contributed by atoms with Crippen LogP contribution >= 0.6 is 0 Å². The third-order valence-electron chi connectivity index (χ3n) is 3.87. The van der Waals surface area contributed by atoms with Crippen LogP contribution in [-0.4, -0.2) is 9.97 Å². The molecule has 0 unspecified atom stereocenters. The minimum Gasteiger partial charge on any atom is -0.397 e. The fraction of sp³-hybridized carbons (Fsp3) is 0. The van der Waals surface area contributed by atoms with Gasteiger partial charge in [0, 0.05) is 34.4 Å². The monoisotopic (exact) mass is 299 g/mol. The molecule has 0 spiro atoms. The molecular weight excluding hydrogens is 286 g/mol. The molecule has 0 radical (unpaired) electrons. The zero-order valence-corrected chi connectivity index (χ0v) is 12.2. The summed E-state index contributed by atoms with van der Waals surface area (Å²) in [6.07, 6.45) is 3.45. The number of pyridine rings is 1. The van der Waals surface area contributed by atoms with Crippen molar-refractivity contribution in [1.82, 2.24) is 9.97 Å². The Kier molecular flexibility index (Phi) is 2.88. The van der Waals surface area contributed by atoms with Gasteiger partial charge in [0.05, 0.1) is 22.5 Å². The van der Waals surface area contributed by atoms with Crippen LogP contribution in [0.5, 0.6) is 0 Å². The van der Waals surface area contributed by atoms with Gasteiger partial charge in [-0.25, -0.2) is 0 Å². The number of para-hydroxylation sites is 1. The third-order valence-corrected chi connectivity index (χ3v) is 3.87. The smallest absolute Gasteiger partial charge is 0.103 e. The summed E-state index contributed by atoms with van der Waals surface area (Å²) in [5.74, 6) is 0. The average molecular weight is 299 g/mol. The number of rotatable bonds is 2. The molecule has 0 aliphatic heterocycles. The number of anilines is 3. The number of aromatic nitrogens is 2. The van der Waals surface area contributed by atoms with E-state index in [0.717, 1.165) is 27.7 Å². The number of hydrogen-bond donors (Lipinski definition) is 3.